The third-order valence-electron chi connectivity index (χ3n) is 3.93. The summed E-state index contributed by atoms with van der Waals surface area (Å²) in [5.41, 5.74) is 7.53. The van der Waals surface area contributed by atoms with E-state index in [0.29, 0.717) is 5.92 Å². The number of hydrogen-bond acceptors (Lipinski definition) is 3. The number of methoxy groups -OCH3 is 1. The van der Waals surface area contributed by atoms with Crippen molar-refractivity contribution in [1.29, 1.82) is 0 Å². The van der Waals surface area contributed by atoms with E-state index in [1.165, 1.54) is 16.3 Å². The Morgan fingerprint density at radius 2 is 2.00 bits per heavy atom. The average molecular weight is 257 g/mol. The molecular weight excluding hydrogens is 238 g/mol. The van der Waals surface area contributed by atoms with Crippen molar-refractivity contribution in [3.63, 3.8) is 0 Å². The molecule has 0 amide bonds. The van der Waals surface area contributed by atoms with Crippen molar-refractivity contribution in [1.82, 2.24) is 0 Å². The Balaban J connectivity index is 1.92. The molecule has 0 aliphatic carbocycles. The van der Waals surface area contributed by atoms with Crippen LogP contribution in [0.2, 0.25) is 0 Å². The Kier molecular flexibility index (Phi) is 3.40. The molecule has 2 aromatic rings. The fourth-order valence-corrected chi connectivity index (χ4v) is 2.68. The van der Waals surface area contributed by atoms with Gasteiger partial charge in [0.25, 0.3) is 0 Å². The van der Waals surface area contributed by atoms with Gasteiger partial charge in [0.1, 0.15) is 5.75 Å². The minimum atomic E-state index is 0.0639. The molecule has 0 bridgehead atoms. The van der Waals surface area contributed by atoms with E-state index in [2.05, 4.69) is 24.3 Å². The van der Waals surface area contributed by atoms with E-state index in [-0.39, 0.29) is 6.04 Å². The van der Waals surface area contributed by atoms with E-state index >= 15 is 0 Å². The second-order valence-electron chi connectivity index (χ2n) is 5.12. The smallest absolute Gasteiger partial charge is 0.119 e. The Bertz CT molecular complexity index is 576. The summed E-state index contributed by atoms with van der Waals surface area (Å²) in [4.78, 5) is 0. The molecule has 2 N–H and O–H groups in total. The van der Waals surface area contributed by atoms with E-state index in [1.54, 1.807) is 7.11 Å². The van der Waals surface area contributed by atoms with E-state index in [0.717, 1.165) is 25.4 Å². The van der Waals surface area contributed by atoms with Crippen LogP contribution in [0.25, 0.3) is 10.8 Å². The van der Waals surface area contributed by atoms with Gasteiger partial charge >= 0.3 is 0 Å². The van der Waals surface area contributed by atoms with Gasteiger partial charge in [-0.15, -0.1) is 0 Å². The van der Waals surface area contributed by atoms with Crippen molar-refractivity contribution in [2.45, 2.75) is 12.5 Å². The molecule has 0 aromatic heterocycles. The summed E-state index contributed by atoms with van der Waals surface area (Å²) in [6, 6.07) is 12.6. The van der Waals surface area contributed by atoms with E-state index in [4.69, 9.17) is 15.2 Å². The predicted octanol–water partition coefficient (Wildman–Crippen LogP) is 2.88. The fourth-order valence-electron chi connectivity index (χ4n) is 2.68. The predicted molar refractivity (Wildman–Crippen MR) is 76.4 cm³/mol. The van der Waals surface area contributed by atoms with Crippen LogP contribution in [0, 0.1) is 5.92 Å². The molecule has 1 aliphatic heterocycles. The largest absolute Gasteiger partial charge is 0.497 e. The topological polar surface area (TPSA) is 44.5 Å². The lowest BCUT2D eigenvalue weighted by Gasteiger charge is -2.18. The summed E-state index contributed by atoms with van der Waals surface area (Å²) < 4.78 is 10.7. The molecular formula is C16H19NO2. The summed E-state index contributed by atoms with van der Waals surface area (Å²) in [6.07, 6.45) is 1.06. The molecule has 3 heteroatoms. The van der Waals surface area contributed by atoms with Gasteiger partial charge < -0.3 is 15.2 Å². The molecule has 2 unspecified atom stereocenters. The van der Waals surface area contributed by atoms with Crippen LogP contribution in [0.1, 0.15) is 18.0 Å². The van der Waals surface area contributed by atoms with Gasteiger partial charge in [-0.2, -0.15) is 0 Å². The molecule has 0 radical (unpaired) electrons. The molecule has 3 rings (SSSR count). The van der Waals surface area contributed by atoms with Crippen molar-refractivity contribution < 1.29 is 9.47 Å². The van der Waals surface area contributed by atoms with Crippen molar-refractivity contribution >= 4 is 10.8 Å². The van der Waals surface area contributed by atoms with Crippen LogP contribution in [0.4, 0.5) is 0 Å². The number of benzene rings is 2. The zero-order valence-corrected chi connectivity index (χ0v) is 11.1. The third-order valence-corrected chi connectivity index (χ3v) is 3.93. The first kappa shape index (κ1) is 12.5. The Hall–Kier alpha value is -1.58. The molecule has 2 aromatic carbocycles. The van der Waals surface area contributed by atoms with Gasteiger partial charge in [-0.1, -0.05) is 18.2 Å². The number of ether oxygens (including phenoxy) is 2. The first-order valence-corrected chi connectivity index (χ1v) is 6.69. The van der Waals surface area contributed by atoms with Gasteiger partial charge in [-0.25, -0.2) is 0 Å². The van der Waals surface area contributed by atoms with Crippen molar-refractivity contribution in [2.24, 2.45) is 11.7 Å². The van der Waals surface area contributed by atoms with Gasteiger partial charge in [0.15, 0.2) is 0 Å². The lowest BCUT2D eigenvalue weighted by atomic mass is 9.92. The van der Waals surface area contributed by atoms with Crippen molar-refractivity contribution in [2.75, 3.05) is 20.3 Å². The average Bonchev–Trinajstić information content (AvgIpc) is 2.99. The summed E-state index contributed by atoms with van der Waals surface area (Å²) in [5, 5.41) is 2.38. The standard InChI is InChI=1S/C16H19NO2/c1-18-15-5-4-11-8-13(3-2-12(11)9-15)16(17)14-6-7-19-10-14/h2-5,8-9,14,16H,6-7,10,17H2,1H3. The van der Waals surface area contributed by atoms with Gasteiger partial charge in [-0.05, 0) is 41.0 Å². The van der Waals surface area contributed by atoms with Crippen molar-refractivity contribution in [3.05, 3.63) is 42.0 Å². The number of rotatable bonds is 3. The van der Waals surface area contributed by atoms with E-state index in [9.17, 15) is 0 Å². The normalized spacial score (nSPS) is 20.6. The molecule has 1 aliphatic rings. The summed E-state index contributed by atoms with van der Waals surface area (Å²) in [5.74, 6) is 1.32. The number of hydrogen-bond donors (Lipinski definition) is 1. The van der Waals surface area contributed by atoms with Gasteiger partial charge in [-0.3, -0.25) is 0 Å². The van der Waals surface area contributed by atoms with Crippen LogP contribution in [-0.4, -0.2) is 20.3 Å². The zero-order chi connectivity index (χ0) is 13.2. The van der Waals surface area contributed by atoms with Gasteiger partial charge in [0, 0.05) is 18.6 Å². The van der Waals surface area contributed by atoms with Crippen LogP contribution in [0.5, 0.6) is 5.75 Å². The maximum Gasteiger partial charge on any atom is 0.119 e. The highest BCUT2D eigenvalue weighted by Gasteiger charge is 2.24. The second-order valence-corrected chi connectivity index (χ2v) is 5.12. The molecule has 1 heterocycles. The summed E-state index contributed by atoms with van der Waals surface area (Å²) in [6.45, 7) is 1.62. The van der Waals surface area contributed by atoms with Gasteiger partial charge in [0.05, 0.1) is 13.7 Å². The van der Waals surface area contributed by atoms with E-state index in [1.807, 2.05) is 12.1 Å². The lowest BCUT2D eigenvalue weighted by Crippen LogP contribution is -2.21. The Labute approximate surface area is 113 Å². The number of fused-ring (bicyclic) bond motifs is 1. The number of nitrogens with two attached hydrogens (primary N) is 1. The van der Waals surface area contributed by atoms with Crippen LogP contribution in [0.3, 0.4) is 0 Å². The molecule has 1 saturated heterocycles. The maximum atomic E-state index is 6.34. The van der Waals surface area contributed by atoms with Crippen LogP contribution < -0.4 is 10.5 Å². The highest BCUT2D eigenvalue weighted by Crippen LogP contribution is 2.29. The Morgan fingerprint density at radius 1 is 1.21 bits per heavy atom. The SMILES string of the molecule is COc1ccc2cc(C(N)C3CCOC3)ccc2c1. The minimum Gasteiger partial charge on any atom is -0.497 e. The van der Waals surface area contributed by atoms with Crippen LogP contribution >= 0.6 is 0 Å². The molecule has 1 fully saturated rings. The first-order valence-electron chi connectivity index (χ1n) is 6.69. The summed E-state index contributed by atoms with van der Waals surface area (Å²) >= 11 is 0. The minimum absolute atomic E-state index is 0.0639. The highest BCUT2D eigenvalue weighted by molar-refractivity contribution is 5.84. The molecule has 0 saturated carbocycles. The van der Waals surface area contributed by atoms with Crippen molar-refractivity contribution in [3.8, 4) is 5.75 Å². The van der Waals surface area contributed by atoms with E-state index < -0.39 is 0 Å². The molecule has 2 atom stereocenters. The van der Waals surface area contributed by atoms with Gasteiger partial charge in [0.2, 0.25) is 0 Å². The zero-order valence-electron chi connectivity index (χ0n) is 11.1. The molecule has 3 nitrogen and oxygen atoms in total. The quantitative estimate of drug-likeness (QED) is 0.919. The fraction of sp³-hybridized carbons (Fsp3) is 0.375. The highest BCUT2D eigenvalue weighted by atomic mass is 16.5. The molecule has 100 valence electrons. The monoisotopic (exact) mass is 257 g/mol. The second kappa shape index (κ2) is 5.19. The maximum absolute atomic E-state index is 6.34. The molecule has 19 heavy (non-hydrogen) atoms. The third kappa shape index (κ3) is 2.44. The first-order chi connectivity index (χ1) is 9.28. The lowest BCUT2D eigenvalue weighted by molar-refractivity contribution is 0.181. The van der Waals surface area contributed by atoms with Crippen LogP contribution in [-0.2, 0) is 4.74 Å². The van der Waals surface area contributed by atoms with Crippen LogP contribution in [0.15, 0.2) is 36.4 Å². The Morgan fingerprint density at radius 3 is 2.74 bits per heavy atom. The molecule has 0 spiro atoms. The summed E-state index contributed by atoms with van der Waals surface area (Å²) in [7, 11) is 1.69.